The summed E-state index contributed by atoms with van der Waals surface area (Å²) in [7, 11) is -4.53. The lowest BCUT2D eigenvalue weighted by Gasteiger charge is -2.25. The summed E-state index contributed by atoms with van der Waals surface area (Å²) in [6.45, 7) is 1.79. The fourth-order valence-electron chi connectivity index (χ4n) is 1.83. The van der Waals surface area contributed by atoms with Crippen LogP contribution < -0.4 is 5.32 Å². The molecule has 0 fully saturated rings. The van der Waals surface area contributed by atoms with Crippen molar-refractivity contribution in [3.8, 4) is 0 Å². The van der Waals surface area contributed by atoms with E-state index in [1.165, 1.54) is 0 Å². The SMILES string of the molecule is Cc1ccc2c(c1)C(O)=C(C=O)C(S(=O)(=O)O)N2. The maximum Gasteiger partial charge on any atom is 0.290 e. The van der Waals surface area contributed by atoms with E-state index in [1.54, 1.807) is 25.1 Å². The van der Waals surface area contributed by atoms with Crippen molar-refractivity contribution < 1.29 is 22.9 Å². The summed E-state index contributed by atoms with van der Waals surface area (Å²) in [5.41, 5.74) is 1.11. The Morgan fingerprint density at radius 3 is 2.61 bits per heavy atom. The number of aliphatic hydroxyl groups is 1. The number of fused-ring (bicyclic) bond motifs is 1. The lowest BCUT2D eigenvalue weighted by atomic mass is 10.0. The number of nitrogens with one attached hydrogen (secondary N) is 1. The zero-order chi connectivity index (χ0) is 13.5. The fourth-order valence-corrected chi connectivity index (χ4v) is 2.60. The second kappa shape index (κ2) is 4.11. The van der Waals surface area contributed by atoms with Gasteiger partial charge in [-0.1, -0.05) is 11.6 Å². The molecular formula is C11H11NO5S. The monoisotopic (exact) mass is 269 g/mol. The smallest absolute Gasteiger partial charge is 0.290 e. The molecule has 96 valence electrons. The Balaban J connectivity index is 2.69. The Hall–Kier alpha value is -1.86. The molecule has 2 rings (SSSR count). The van der Waals surface area contributed by atoms with E-state index in [0.717, 1.165) is 5.56 Å². The van der Waals surface area contributed by atoms with E-state index in [2.05, 4.69) is 5.32 Å². The van der Waals surface area contributed by atoms with Gasteiger partial charge in [0.25, 0.3) is 10.1 Å². The summed E-state index contributed by atoms with van der Waals surface area (Å²) < 4.78 is 31.4. The van der Waals surface area contributed by atoms with Crippen LogP contribution >= 0.6 is 0 Å². The van der Waals surface area contributed by atoms with Crippen LogP contribution in [0.2, 0.25) is 0 Å². The van der Waals surface area contributed by atoms with Gasteiger partial charge in [-0.15, -0.1) is 0 Å². The molecule has 1 aromatic rings. The summed E-state index contributed by atoms with van der Waals surface area (Å²) in [6.07, 6.45) is 0.214. The van der Waals surface area contributed by atoms with Crippen LogP contribution in [0.3, 0.4) is 0 Å². The van der Waals surface area contributed by atoms with Gasteiger partial charge in [0.05, 0.1) is 5.57 Å². The van der Waals surface area contributed by atoms with Crippen LogP contribution in [0, 0.1) is 6.92 Å². The maximum absolute atomic E-state index is 11.2. The summed E-state index contributed by atoms with van der Waals surface area (Å²) in [4.78, 5) is 10.9. The van der Waals surface area contributed by atoms with Crippen LogP contribution in [0.15, 0.2) is 23.8 Å². The Morgan fingerprint density at radius 1 is 1.39 bits per heavy atom. The fraction of sp³-hybridized carbons (Fsp3) is 0.182. The van der Waals surface area contributed by atoms with Gasteiger partial charge in [0.1, 0.15) is 5.76 Å². The molecule has 0 spiro atoms. The van der Waals surface area contributed by atoms with Crippen LogP contribution in [0.25, 0.3) is 5.76 Å². The molecule has 0 radical (unpaired) electrons. The molecule has 1 unspecified atom stereocenters. The van der Waals surface area contributed by atoms with Gasteiger partial charge in [-0.2, -0.15) is 8.42 Å². The maximum atomic E-state index is 11.2. The highest BCUT2D eigenvalue weighted by Crippen LogP contribution is 2.33. The van der Waals surface area contributed by atoms with Crippen molar-refractivity contribution in [2.45, 2.75) is 12.3 Å². The zero-order valence-corrected chi connectivity index (χ0v) is 10.2. The van der Waals surface area contributed by atoms with Gasteiger partial charge >= 0.3 is 0 Å². The number of carbonyl (C=O) groups is 1. The second-order valence-corrected chi connectivity index (χ2v) is 5.51. The largest absolute Gasteiger partial charge is 0.507 e. The molecule has 0 saturated carbocycles. The molecule has 18 heavy (non-hydrogen) atoms. The first-order valence-corrected chi connectivity index (χ1v) is 6.57. The number of carbonyl (C=O) groups excluding carboxylic acids is 1. The molecule has 1 aliphatic rings. The van der Waals surface area contributed by atoms with Crippen molar-refractivity contribution in [3.63, 3.8) is 0 Å². The Labute approximate surface area is 104 Å². The Kier molecular flexibility index (Phi) is 2.88. The molecule has 0 aliphatic carbocycles. The van der Waals surface area contributed by atoms with Crippen LogP contribution in [0.5, 0.6) is 0 Å². The molecular weight excluding hydrogens is 258 g/mol. The number of rotatable bonds is 2. The third-order valence-corrected chi connectivity index (χ3v) is 3.67. The van der Waals surface area contributed by atoms with Gasteiger partial charge in [0.2, 0.25) is 0 Å². The average Bonchev–Trinajstić information content (AvgIpc) is 2.28. The molecule has 0 amide bonds. The first kappa shape index (κ1) is 12.6. The molecule has 3 N–H and O–H groups in total. The summed E-state index contributed by atoms with van der Waals surface area (Å²) in [5.74, 6) is -0.440. The predicted octanol–water partition coefficient (Wildman–Crippen LogP) is 1.10. The summed E-state index contributed by atoms with van der Waals surface area (Å²) >= 11 is 0. The number of aldehydes is 1. The first-order chi connectivity index (χ1) is 8.34. The third kappa shape index (κ3) is 1.98. The van der Waals surface area contributed by atoms with Crippen LogP contribution in [-0.4, -0.2) is 29.7 Å². The van der Waals surface area contributed by atoms with Crippen molar-refractivity contribution in [2.75, 3.05) is 5.32 Å². The second-order valence-electron chi connectivity index (χ2n) is 4.01. The van der Waals surface area contributed by atoms with Crippen molar-refractivity contribution in [1.29, 1.82) is 0 Å². The highest BCUT2D eigenvalue weighted by molar-refractivity contribution is 7.86. The molecule has 6 nitrogen and oxygen atoms in total. The van der Waals surface area contributed by atoms with Crippen LogP contribution in [-0.2, 0) is 14.9 Å². The number of aliphatic hydroxyl groups excluding tert-OH is 1. The predicted molar refractivity (Wildman–Crippen MR) is 65.8 cm³/mol. The lowest BCUT2D eigenvalue weighted by Crippen LogP contribution is -2.35. The number of aryl methyl sites for hydroxylation is 1. The van der Waals surface area contributed by atoms with E-state index < -0.39 is 26.8 Å². The van der Waals surface area contributed by atoms with Crippen molar-refractivity contribution in [1.82, 2.24) is 0 Å². The van der Waals surface area contributed by atoms with E-state index in [9.17, 15) is 18.3 Å². The van der Waals surface area contributed by atoms with E-state index >= 15 is 0 Å². The third-order valence-electron chi connectivity index (χ3n) is 2.70. The average molecular weight is 269 g/mol. The van der Waals surface area contributed by atoms with Gasteiger partial charge in [0, 0.05) is 11.3 Å². The van der Waals surface area contributed by atoms with Crippen LogP contribution in [0.4, 0.5) is 5.69 Å². The zero-order valence-electron chi connectivity index (χ0n) is 9.41. The van der Waals surface area contributed by atoms with E-state index in [-0.39, 0.29) is 6.29 Å². The Bertz CT molecular complexity index is 647. The first-order valence-electron chi connectivity index (χ1n) is 5.06. The van der Waals surface area contributed by atoms with Gasteiger partial charge in [0.15, 0.2) is 11.7 Å². The highest BCUT2D eigenvalue weighted by atomic mass is 32.2. The lowest BCUT2D eigenvalue weighted by molar-refractivity contribution is -0.105. The van der Waals surface area contributed by atoms with Gasteiger partial charge in [-0.05, 0) is 19.1 Å². The molecule has 0 aromatic heterocycles. The van der Waals surface area contributed by atoms with E-state index in [0.29, 0.717) is 11.3 Å². The minimum absolute atomic E-state index is 0.214. The number of hydrogen-bond donors (Lipinski definition) is 3. The quantitative estimate of drug-likeness (QED) is 0.548. The standard InChI is InChI=1S/C11H11NO5S/c1-6-2-3-9-7(4-6)10(14)8(5-13)11(12-9)18(15,16)17/h2-5,11-12,14H,1H3,(H,15,16,17). The van der Waals surface area contributed by atoms with Crippen molar-refractivity contribution >= 4 is 27.9 Å². The molecule has 0 saturated heterocycles. The molecule has 1 atom stereocenters. The number of hydrogen-bond acceptors (Lipinski definition) is 5. The summed E-state index contributed by atoms with van der Waals surface area (Å²) in [5, 5.41) is 10.8. The minimum Gasteiger partial charge on any atom is -0.507 e. The van der Waals surface area contributed by atoms with Crippen molar-refractivity contribution in [2.24, 2.45) is 0 Å². The Morgan fingerprint density at radius 2 is 2.06 bits per heavy atom. The van der Waals surface area contributed by atoms with Crippen LogP contribution in [0.1, 0.15) is 11.1 Å². The van der Waals surface area contributed by atoms with Gasteiger partial charge < -0.3 is 10.4 Å². The van der Waals surface area contributed by atoms with Gasteiger partial charge in [-0.3, -0.25) is 9.35 Å². The van der Waals surface area contributed by atoms with E-state index in [1.807, 2.05) is 0 Å². The number of benzene rings is 1. The molecule has 1 aliphatic heterocycles. The minimum atomic E-state index is -4.53. The molecule has 1 aromatic carbocycles. The molecule has 0 bridgehead atoms. The molecule has 1 heterocycles. The topological polar surface area (TPSA) is 104 Å². The van der Waals surface area contributed by atoms with Gasteiger partial charge in [-0.25, -0.2) is 0 Å². The normalized spacial score (nSPS) is 19.1. The summed E-state index contributed by atoms with van der Waals surface area (Å²) in [6, 6.07) is 4.90. The molecule has 7 heteroatoms. The highest BCUT2D eigenvalue weighted by Gasteiger charge is 2.34. The van der Waals surface area contributed by atoms with Crippen molar-refractivity contribution in [3.05, 3.63) is 34.9 Å². The number of anilines is 1. The van der Waals surface area contributed by atoms with E-state index in [4.69, 9.17) is 4.55 Å².